The molecule has 1 aliphatic rings. The van der Waals surface area contributed by atoms with Gasteiger partial charge in [0.15, 0.2) is 0 Å². The monoisotopic (exact) mass is 486 g/mol. The molecular weight excluding hydrogens is 463 g/mol. The third-order valence-electron chi connectivity index (χ3n) is 5.16. The molecule has 1 aromatic heterocycles. The second kappa shape index (κ2) is 10.4. The van der Waals surface area contributed by atoms with Crippen LogP contribution >= 0.6 is 11.3 Å². The number of halogens is 1. The van der Waals surface area contributed by atoms with Gasteiger partial charge in [-0.25, -0.2) is 12.8 Å². The zero-order chi connectivity index (χ0) is 23.3. The molecule has 0 unspecified atom stereocenters. The summed E-state index contributed by atoms with van der Waals surface area (Å²) in [5, 5.41) is 2.78. The number of benzene rings is 2. The van der Waals surface area contributed by atoms with Crippen molar-refractivity contribution in [2.24, 2.45) is 0 Å². The Balaban J connectivity index is 1.32. The van der Waals surface area contributed by atoms with E-state index in [0.717, 1.165) is 15.3 Å². The summed E-state index contributed by atoms with van der Waals surface area (Å²) in [7, 11) is -3.54. The van der Waals surface area contributed by atoms with Crippen molar-refractivity contribution in [3.8, 4) is 10.4 Å². The second-order valence-electron chi connectivity index (χ2n) is 7.39. The van der Waals surface area contributed by atoms with Crippen LogP contribution in [0.1, 0.15) is 10.4 Å². The summed E-state index contributed by atoms with van der Waals surface area (Å²) in [4.78, 5) is 14.0. The van der Waals surface area contributed by atoms with E-state index in [-0.39, 0.29) is 23.2 Å². The van der Waals surface area contributed by atoms with Gasteiger partial charge in [0, 0.05) is 41.0 Å². The topological polar surface area (TPSA) is 75.7 Å². The van der Waals surface area contributed by atoms with Crippen LogP contribution in [0.3, 0.4) is 0 Å². The number of ether oxygens (including phenoxy) is 1. The van der Waals surface area contributed by atoms with E-state index in [4.69, 9.17) is 4.74 Å². The zero-order valence-corrected chi connectivity index (χ0v) is 19.4. The molecule has 3 aromatic rings. The Morgan fingerprint density at radius 1 is 1.06 bits per heavy atom. The van der Waals surface area contributed by atoms with Crippen molar-refractivity contribution in [2.45, 2.75) is 11.4 Å². The van der Waals surface area contributed by atoms with Crippen molar-refractivity contribution in [3.63, 3.8) is 0 Å². The van der Waals surface area contributed by atoms with Crippen LogP contribution in [0.2, 0.25) is 0 Å². The number of morpholine rings is 1. The van der Waals surface area contributed by atoms with Crippen molar-refractivity contribution in [1.29, 1.82) is 0 Å². The van der Waals surface area contributed by atoms with Crippen LogP contribution < -0.4 is 5.32 Å². The highest BCUT2D eigenvalue weighted by Crippen LogP contribution is 2.30. The Morgan fingerprint density at radius 3 is 2.52 bits per heavy atom. The van der Waals surface area contributed by atoms with Crippen molar-refractivity contribution in [1.82, 2.24) is 9.62 Å². The summed E-state index contributed by atoms with van der Waals surface area (Å²) in [6, 6.07) is 16.7. The first kappa shape index (κ1) is 23.3. The molecule has 0 atom stereocenters. The Hall–Kier alpha value is -2.85. The van der Waals surface area contributed by atoms with Gasteiger partial charge < -0.3 is 10.1 Å². The fourth-order valence-corrected chi connectivity index (χ4v) is 5.72. The molecular formula is C24H23FN2O4S2. The summed E-state index contributed by atoms with van der Waals surface area (Å²) >= 11 is 1.40. The first-order valence-electron chi connectivity index (χ1n) is 10.4. The highest BCUT2D eigenvalue weighted by molar-refractivity contribution is 7.89. The van der Waals surface area contributed by atoms with Crippen LogP contribution in [0, 0.1) is 5.82 Å². The fraction of sp³-hybridized carbons (Fsp3) is 0.208. The quantitative estimate of drug-likeness (QED) is 0.514. The van der Waals surface area contributed by atoms with E-state index >= 15 is 0 Å². The molecule has 0 saturated carbocycles. The zero-order valence-electron chi connectivity index (χ0n) is 17.7. The Bertz CT molecular complexity index is 1250. The fourth-order valence-electron chi connectivity index (χ4n) is 3.37. The standard InChI is InChI=1S/C24H23FN2O4S2/c25-22-4-2-1-3-21(22)23-11-7-19(32-23)8-12-24(28)26-17-18-5-9-20(10-6-18)33(29,30)27-13-15-31-16-14-27/h1-12H,13-17H2,(H,26,28)/b12-8+. The van der Waals surface area contributed by atoms with Gasteiger partial charge in [0.05, 0.1) is 18.1 Å². The smallest absolute Gasteiger partial charge is 0.244 e. The van der Waals surface area contributed by atoms with Gasteiger partial charge in [0.1, 0.15) is 5.82 Å². The first-order chi connectivity index (χ1) is 15.9. The maximum absolute atomic E-state index is 13.9. The predicted octanol–water partition coefficient (Wildman–Crippen LogP) is 3.90. The normalized spacial score (nSPS) is 15.1. The lowest BCUT2D eigenvalue weighted by Crippen LogP contribution is -2.40. The van der Waals surface area contributed by atoms with E-state index < -0.39 is 10.0 Å². The average Bonchev–Trinajstić information content (AvgIpc) is 3.31. The van der Waals surface area contributed by atoms with Crippen LogP contribution in [-0.2, 0) is 26.1 Å². The molecule has 1 aliphatic heterocycles. The number of rotatable bonds is 7. The Kier molecular flexibility index (Phi) is 7.34. The molecule has 1 amide bonds. The van der Waals surface area contributed by atoms with E-state index in [1.165, 1.54) is 27.8 Å². The van der Waals surface area contributed by atoms with Gasteiger partial charge in [-0.15, -0.1) is 11.3 Å². The van der Waals surface area contributed by atoms with Crippen LogP contribution in [0.15, 0.2) is 71.6 Å². The molecule has 0 radical (unpaired) electrons. The van der Waals surface area contributed by atoms with Gasteiger partial charge in [-0.05, 0) is 42.0 Å². The number of carbonyl (C=O) groups is 1. The van der Waals surface area contributed by atoms with Gasteiger partial charge in [0.2, 0.25) is 15.9 Å². The largest absolute Gasteiger partial charge is 0.379 e. The van der Waals surface area contributed by atoms with Gasteiger partial charge >= 0.3 is 0 Å². The van der Waals surface area contributed by atoms with Crippen molar-refractivity contribution in [3.05, 3.63) is 83.0 Å². The number of nitrogens with one attached hydrogen (secondary N) is 1. The van der Waals surface area contributed by atoms with Gasteiger partial charge in [-0.2, -0.15) is 4.31 Å². The molecule has 4 rings (SSSR count). The molecule has 0 bridgehead atoms. The van der Waals surface area contributed by atoms with Crippen molar-refractivity contribution >= 4 is 33.3 Å². The van der Waals surface area contributed by atoms with Gasteiger partial charge in [0.25, 0.3) is 0 Å². The molecule has 1 N–H and O–H groups in total. The van der Waals surface area contributed by atoms with E-state index in [1.54, 1.807) is 48.5 Å². The lowest BCUT2D eigenvalue weighted by Gasteiger charge is -2.26. The molecule has 1 fully saturated rings. The maximum Gasteiger partial charge on any atom is 0.244 e. The molecule has 0 aliphatic carbocycles. The number of amides is 1. The third-order valence-corrected chi connectivity index (χ3v) is 8.16. The second-order valence-corrected chi connectivity index (χ2v) is 10.4. The number of hydrogen-bond donors (Lipinski definition) is 1. The molecule has 172 valence electrons. The number of nitrogens with zero attached hydrogens (tertiary/aromatic N) is 1. The number of carbonyl (C=O) groups excluding carboxylic acids is 1. The third kappa shape index (κ3) is 5.75. The molecule has 2 aromatic carbocycles. The number of hydrogen-bond acceptors (Lipinski definition) is 5. The van der Waals surface area contributed by atoms with Crippen molar-refractivity contribution in [2.75, 3.05) is 26.3 Å². The molecule has 9 heteroatoms. The van der Waals surface area contributed by atoms with E-state index in [0.29, 0.717) is 31.9 Å². The average molecular weight is 487 g/mol. The van der Waals surface area contributed by atoms with Gasteiger partial charge in [-0.3, -0.25) is 4.79 Å². The highest BCUT2D eigenvalue weighted by Gasteiger charge is 2.26. The van der Waals surface area contributed by atoms with Crippen LogP contribution in [0.5, 0.6) is 0 Å². The molecule has 6 nitrogen and oxygen atoms in total. The minimum atomic E-state index is -3.54. The maximum atomic E-state index is 13.9. The summed E-state index contributed by atoms with van der Waals surface area (Å²) in [5.41, 5.74) is 1.32. The lowest BCUT2D eigenvalue weighted by atomic mass is 10.2. The van der Waals surface area contributed by atoms with E-state index in [1.807, 2.05) is 12.1 Å². The highest BCUT2D eigenvalue weighted by atomic mass is 32.2. The Labute approximate surface area is 196 Å². The Morgan fingerprint density at radius 2 is 1.79 bits per heavy atom. The first-order valence-corrected chi connectivity index (χ1v) is 12.7. The molecule has 33 heavy (non-hydrogen) atoms. The molecule has 2 heterocycles. The van der Waals surface area contributed by atoms with Crippen LogP contribution in [0.4, 0.5) is 4.39 Å². The van der Waals surface area contributed by atoms with Crippen molar-refractivity contribution < 1.29 is 22.3 Å². The van der Waals surface area contributed by atoms with E-state index in [9.17, 15) is 17.6 Å². The minimum Gasteiger partial charge on any atom is -0.379 e. The summed E-state index contributed by atoms with van der Waals surface area (Å²) < 4.78 is 45.9. The van der Waals surface area contributed by atoms with Gasteiger partial charge in [-0.1, -0.05) is 30.3 Å². The number of thiophene rings is 1. The molecule has 0 spiro atoms. The van der Waals surface area contributed by atoms with Crippen LogP contribution in [0.25, 0.3) is 16.5 Å². The number of sulfonamides is 1. The minimum absolute atomic E-state index is 0.225. The lowest BCUT2D eigenvalue weighted by molar-refractivity contribution is -0.116. The van der Waals surface area contributed by atoms with E-state index in [2.05, 4.69) is 5.32 Å². The molecule has 1 saturated heterocycles. The van der Waals surface area contributed by atoms with Crippen LogP contribution in [-0.4, -0.2) is 44.9 Å². The summed E-state index contributed by atoms with van der Waals surface area (Å²) in [6.07, 6.45) is 3.11. The SMILES string of the molecule is O=C(/C=C/c1ccc(-c2ccccc2F)s1)NCc1ccc(S(=O)(=O)N2CCOCC2)cc1. The predicted molar refractivity (Wildman–Crippen MR) is 127 cm³/mol. The summed E-state index contributed by atoms with van der Waals surface area (Å²) in [6.45, 7) is 1.75. The summed E-state index contributed by atoms with van der Waals surface area (Å²) in [5.74, 6) is -0.558.